The smallest absolute Gasteiger partial charge is 0.303 e. The molecule has 0 saturated carbocycles. The van der Waals surface area contributed by atoms with Crippen LogP contribution in [0.1, 0.15) is 57.8 Å². The van der Waals surface area contributed by atoms with Crippen LogP contribution in [0.2, 0.25) is 0 Å². The molecule has 0 heterocycles. The number of hydrogen-bond acceptors (Lipinski definition) is 2. The average Bonchev–Trinajstić information content (AvgIpc) is 2.49. The quantitative estimate of drug-likeness (QED) is 0.353. The maximum atomic E-state index is 10.3. The van der Waals surface area contributed by atoms with Gasteiger partial charge in [-0.25, -0.2) is 0 Å². The molecule has 0 rings (SSSR count). The SMILES string of the molecule is O=C(O)CCC/C=C\C/C=C\C/C=C\C/C=C\CCCC(=O)O. The van der Waals surface area contributed by atoms with Crippen LogP contribution in [0.4, 0.5) is 0 Å². The van der Waals surface area contributed by atoms with Gasteiger partial charge >= 0.3 is 11.9 Å². The number of unbranched alkanes of at least 4 members (excludes halogenated alkanes) is 2. The topological polar surface area (TPSA) is 74.6 Å². The van der Waals surface area contributed by atoms with Crippen molar-refractivity contribution in [2.75, 3.05) is 0 Å². The Bertz CT molecular complexity index is 391. The van der Waals surface area contributed by atoms with Crippen LogP contribution in [0.3, 0.4) is 0 Å². The van der Waals surface area contributed by atoms with Crippen molar-refractivity contribution in [3.8, 4) is 0 Å². The van der Waals surface area contributed by atoms with Crippen LogP contribution in [0.25, 0.3) is 0 Å². The first-order valence-corrected chi connectivity index (χ1v) is 8.16. The van der Waals surface area contributed by atoms with Crippen LogP contribution in [0.15, 0.2) is 48.6 Å². The number of carboxylic acids is 2. The molecule has 0 unspecified atom stereocenters. The van der Waals surface area contributed by atoms with Gasteiger partial charge in [0.25, 0.3) is 0 Å². The van der Waals surface area contributed by atoms with E-state index >= 15 is 0 Å². The monoisotopic (exact) mass is 320 g/mol. The van der Waals surface area contributed by atoms with Crippen LogP contribution in [0, 0.1) is 0 Å². The van der Waals surface area contributed by atoms with E-state index in [4.69, 9.17) is 10.2 Å². The van der Waals surface area contributed by atoms with Crippen molar-refractivity contribution in [2.24, 2.45) is 0 Å². The molecule has 4 heteroatoms. The lowest BCUT2D eigenvalue weighted by atomic mass is 10.2. The molecule has 0 aromatic heterocycles. The fourth-order valence-electron chi connectivity index (χ4n) is 1.79. The summed E-state index contributed by atoms with van der Waals surface area (Å²) in [5.41, 5.74) is 0. The molecular weight excluding hydrogens is 292 g/mol. The molecule has 23 heavy (non-hydrogen) atoms. The molecule has 2 N–H and O–H groups in total. The van der Waals surface area contributed by atoms with Gasteiger partial charge in [0.1, 0.15) is 0 Å². The van der Waals surface area contributed by atoms with E-state index < -0.39 is 11.9 Å². The third kappa shape index (κ3) is 19.9. The molecule has 128 valence electrons. The van der Waals surface area contributed by atoms with E-state index in [1.807, 2.05) is 12.2 Å². The Hall–Kier alpha value is -2.10. The molecule has 4 nitrogen and oxygen atoms in total. The zero-order valence-corrected chi connectivity index (χ0v) is 13.7. The fourth-order valence-corrected chi connectivity index (χ4v) is 1.79. The Balaban J connectivity index is 3.44. The minimum Gasteiger partial charge on any atom is -0.481 e. The molecule has 0 aliphatic rings. The van der Waals surface area contributed by atoms with Gasteiger partial charge in [0.15, 0.2) is 0 Å². The summed E-state index contributed by atoms with van der Waals surface area (Å²) in [6.07, 6.45) is 22.7. The minimum absolute atomic E-state index is 0.235. The molecule has 0 radical (unpaired) electrons. The summed E-state index contributed by atoms with van der Waals surface area (Å²) in [6.45, 7) is 0. The fraction of sp³-hybridized carbons (Fsp3) is 0.474. The molecule has 0 amide bonds. The Kier molecular flexibility index (Phi) is 14.8. The molecule has 0 aromatic rings. The molecule has 0 saturated heterocycles. The molecule has 0 atom stereocenters. The van der Waals surface area contributed by atoms with Crippen LogP contribution >= 0.6 is 0 Å². The molecular formula is C19H28O4. The lowest BCUT2D eigenvalue weighted by Crippen LogP contribution is -1.92. The first-order chi connectivity index (χ1) is 11.1. The van der Waals surface area contributed by atoms with E-state index in [1.54, 1.807) is 0 Å². The van der Waals surface area contributed by atoms with Crippen molar-refractivity contribution in [3.05, 3.63) is 48.6 Å². The zero-order chi connectivity index (χ0) is 17.2. The minimum atomic E-state index is -0.736. The second-order valence-electron chi connectivity index (χ2n) is 5.16. The van der Waals surface area contributed by atoms with E-state index in [1.165, 1.54) is 0 Å². The number of rotatable bonds is 14. The maximum Gasteiger partial charge on any atom is 0.303 e. The van der Waals surface area contributed by atoms with Gasteiger partial charge < -0.3 is 10.2 Å². The molecule has 0 aromatic carbocycles. The predicted molar refractivity (Wildman–Crippen MR) is 93.4 cm³/mol. The van der Waals surface area contributed by atoms with E-state index in [0.717, 1.165) is 32.1 Å². The van der Waals surface area contributed by atoms with Gasteiger partial charge in [0.2, 0.25) is 0 Å². The van der Waals surface area contributed by atoms with E-state index in [-0.39, 0.29) is 12.8 Å². The Labute approximate surface area is 138 Å². The first-order valence-electron chi connectivity index (χ1n) is 8.16. The highest BCUT2D eigenvalue weighted by Gasteiger charge is 1.93. The summed E-state index contributed by atoms with van der Waals surface area (Å²) < 4.78 is 0. The molecule has 0 fully saturated rings. The molecule has 0 aliphatic heterocycles. The largest absolute Gasteiger partial charge is 0.481 e. The van der Waals surface area contributed by atoms with Gasteiger partial charge in [-0.2, -0.15) is 0 Å². The number of carbonyl (C=O) groups is 2. The third-order valence-corrected chi connectivity index (χ3v) is 3.01. The van der Waals surface area contributed by atoms with Gasteiger partial charge in [-0.15, -0.1) is 0 Å². The zero-order valence-electron chi connectivity index (χ0n) is 13.7. The Morgan fingerprint density at radius 1 is 0.565 bits per heavy atom. The summed E-state index contributed by atoms with van der Waals surface area (Å²) >= 11 is 0. The molecule has 0 aliphatic carbocycles. The average molecular weight is 320 g/mol. The molecule has 0 bridgehead atoms. The summed E-state index contributed by atoms with van der Waals surface area (Å²) in [5.74, 6) is -1.47. The van der Waals surface area contributed by atoms with Crippen LogP contribution in [-0.4, -0.2) is 22.2 Å². The standard InChI is InChI=1S/C19H28O4/c20-18(21)16-14-12-10-8-6-4-2-1-3-5-7-9-11-13-15-17-19(22)23/h2-5,8-11H,1,6-7,12-17H2,(H,20,21)(H,22,23)/b4-2-,5-3-,10-8-,11-9-. The highest BCUT2D eigenvalue weighted by molar-refractivity contribution is 5.66. The number of hydrogen-bond donors (Lipinski definition) is 2. The van der Waals surface area contributed by atoms with Crippen molar-refractivity contribution < 1.29 is 19.8 Å². The number of aliphatic carboxylic acids is 2. The van der Waals surface area contributed by atoms with Crippen LogP contribution in [0.5, 0.6) is 0 Å². The number of carboxylic acid groups (broad SMARTS) is 2. The van der Waals surface area contributed by atoms with Gasteiger partial charge in [0.05, 0.1) is 0 Å². The second-order valence-corrected chi connectivity index (χ2v) is 5.16. The van der Waals surface area contributed by atoms with Crippen molar-refractivity contribution in [3.63, 3.8) is 0 Å². The maximum absolute atomic E-state index is 10.3. The van der Waals surface area contributed by atoms with Crippen molar-refractivity contribution in [2.45, 2.75) is 57.8 Å². The summed E-state index contributed by atoms with van der Waals surface area (Å²) in [6, 6.07) is 0. The van der Waals surface area contributed by atoms with Gasteiger partial charge in [-0.05, 0) is 44.9 Å². The van der Waals surface area contributed by atoms with E-state index in [9.17, 15) is 9.59 Å². The van der Waals surface area contributed by atoms with Crippen LogP contribution in [-0.2, 0) is 9.59 Å². The van der Waals surface area contributed by atoms with Gasteiger partial charge in [-0.3, -0.25) is 9.59 Å². The van der Waals surface area contributed by atoms with E-state index in [0.29, 0.717) is 12.8 Å². The van der Waals surface area contributed by atoms with Crippen molar-refractivity contribution in [1.82, 2.24) is 0 Å². The predicted octanol–water partition coefficient (Wildman–Crippen LogP) is 4.89. The van der Waals surface area contributed by atoms with Gasteiger partial charge in [-0.1, -0.05) is 48.6 Å². The normalized spacial score (nSPS) is 12.2. The Morgan fingerprint density at radius 2 is 0.870 bits per heavy atom. The molecule has 0 spiro atoms. The van der Waals surface area contributed by atoms with Crippen molar-refractivity contribution >= 4 is 11.9 Å². The lowest BCUT2D eigenvalue weighted by Gasteiger charge is -1.90. The summed E-state index contributed by atoms with van der Waals surface area (Å²) in [7, 11) is 0. The number of allylic oxidation sites excluding steroid dienone is 8. The second kappa shape index (κ2) is 16.3. The Morgan fingerprint density at radius 3 is 1.17 bits per heavy atom. The van der Waals surface area contributed by atoms with Gasteiger partial charge in [0, 0.05) is 12.8 Å². The summed E-state index contributed by atoms with van der Waals surface area (Å²) in [4.78, 5) is 20.6. The highest BCUT2D eigenvalue weighted by atomic mass is 16.4. The van der Waals surface area contributed by atoms with E-state index in [2.05, 4.69) is 36.5 Å². The summed E-state index contributed by atoms with van der Waals surface area (Å²) in [5, 5.41) is 17.0. The highest BCUT2D eigenvalue weighted by Crippen LogP contribution is 2.00. The lowest BCUT2D eigenvalue weighted by molar-refractivity contribution is -0.138. The first kappa shape index (κ1) is 20.9. The third-order valence-electron chi connectivity index (χ3n) is 3.01. The van der Waals surface area contributed by atoms with Crippen molar-refractivity contribution in [1.29, 1.82) is 0 Å². The van der Waals surface area contributed by atoms with Crippen LogP contribution < -0.4 is 0 Å².